The van der Waals surface area contributed by atoms with Crippen LogP contribution in [-0.2, 0) is 9.84 Å². The summed E-state index contributed by atoms with van der Waals surface area (Å²) in [6.45, 7) is 3.04. The molecular formula is C13H19NO2S. The van der Waals surface area contributed by atoms with Crippen molar-refractivity contribution in [3.63, 3.8) is 0 Å². The van der Waals surface area contributed by atoms with Gasteiger partial charge in [0.15, 0.2) is 9.84 Å². The Kier molecular flexibility index (Phi) is 3.54. The van der Waals surface area contributed by atoms with Gasteiger partial charge in [0, 0.05) is 12.3 Å². The van der Waals surface area contributed by atoms with Gasteiger partial charge in [0.25, 0.3) is 0 Å². The van der Waals surface area contributed by atoms with E-state index in [4.69, 9.17) is 0 Å². The van der Waals surface area contributed by atoms with Crippen LogP contribution in [0.15, 0.2) is 29.2 Å². The third-order valence-corrected chi connectivity index (χ3v) is 4.31. The molecule has 4 heteroatoms. The molecule has 1 aliphatic rings. The molecule has 1 fully saturated rings. The van der Waals surface area contributed by atoms with E-state index in [1.165, 1.54) is 24.7 Å². The lowest BCUT2D eigenvalue weighted by Gasteiger charge is -2.17. The minimum Gasteiger partial charge on any atom is -0.310 e. The molecule has 2 rings (SSSR count). The van der Waals surface area contributed by atoms with E-state index < -0.39 is 9.84 Å². The lowest BCUT2D eigenvalue weighted by molar-refractivity contribution is 0.496. The molecule has 0 aliphatic heterocycles. The molecule has 1 saturated carbocycles. The zero-order chi connectivity index (χ0) is 12.5. The number of rotatable bonds is 5. The summed E-state index contributed by atoms with van der Waals surface area (Å²) >= 11 is 0. The highest BCUT2D eigenvalue weighted by Gasteiger charge is 2.31. The molecule has 3 nitrogen and oxygen atoms in total. The van der Waals surface area contributed by atoms with E-state index in [9.17, 15) is 8.42 Å². The highest BCUT2D eigenvalue weighted by atomic mass is 32.2. The quantitative estimate of drug-likeness (QED) is 0.874. The molecule has 0 aromatic heterocycles. The fourth-order valence-electron chi connectivity index (χ4n) is 2.13. The minimum atomic E-state index is -3.08. The topological polar surface area (TPSA) is 46.2 Å². The van der Waals surface area contributed by atoms with Gasteiger partial charge in [0.2, 0.25) is 0 Å². The van der Waals surface area contributed by atoms with Crippen molar-refractivity contribution in [2.75, 3.05) is 12.8 Å². The maximum atomic E-state index is 11.4. The summed E-state index contributed by atoms with van der Waals surface area (Å²) < 4.78 is 22.7. The van der Waals surface area contributed by atoms with E-state index in [0.29, 0.717) is 10.9 Å². The third kappa shape index (κ3) is 3.07. The van der Waals surface area contributed by atoms with Crippen LogP contribution < -0.4 is 5.32 Å². The van der Waals surface area contributed by atoms with Crippen LogP contribution in [0.2, 0.25) is 0 Å². The first-order chi connectivity index (χ1) is 8.02. The summed E-state index contributed by atoms with van der Waals surface area (Å²) in [6, 6.07) is 7.66. The van der Waals surface area contributed by atoms with Gasteiger partial charge in [-0.1, -0.05) is 19.1 Å². The Morgan fingerprint density at radius 2 is 1.88 bits per heavy atom. The van der Waals surface area contributed by atoms with Crippen molar-refractivity contribution in [3.05, 3.63) is 29.8 Å². The predicted octanol–water partition coefficient (Wildman–Crippen LogP) is 2.15. The van der Waals surface area contributed by atoms with E-state index in [1.807, 2.05) is 12.1 Å². The second-order valence-corrected chi connectivity index (χ2v) is 6.73. The van der Waals surface area contributed by atoms with Gasteiger partial charge < -0.3 is 5.32 Å². The molecule has 17 heavy (non-hydrogen) atoms. The smallest absolute Gasteiger partial charge is 0.175 e. The van der Waals surface area contributed by atoms with E-state index in [0.717, 1.165) is 12.5 Å². The minimum absolute atomic E-state index is 0.383. The SMILES string of the molecule is CCNC(c1ccc(S(C)(=O)=O)cc1)C1CC1. The summed E-state index contributed by atoms with van der Waals surface area (Å²) in [7, 11) is -3.08. The molecule has 0 bridgehead atoms. The van der Waals surface area contributed by atoms with Gasteiger partial charge in [0.1, 0.15) is 0 Å². The summed E-state index contributed by atoms with van der Waals surface area (Å²) in [5, 5.41) is 3.47. The van der Waals surface area contributed by atoms with Crippen molar-refractivity contribution in [2.45, 2.75) is 30.7 Å². The highest BCUT2D eigenvalue weighted by molar-refractivity contribution is 7.90. The molecular weight excluding hydrogens is 234 g/mol. The lowest BCUT2D eigenvalue weighted by Crippen LogP contribution is -2.22. The summed E-state index contributed by atoms with van der Waals surface area (Å²) in [4.78, 5) is 0.396. The number of hydrogen-bond donors (Lipinski definition) is 1. The molecule has 0 radical (unpaired) electrons. The van der Waals surface area contributed by atoms with Crippen LogP contribution >= 0.6 is 0 Å². The first-order valence-electron chi connectivity index (χ1n) is 6.05. The third-order valence-electron chi connectivity index (χ3n) is 3.18. The molecule has 1 N–H and O–H groups in total. The maximum absolute atomic E-state index is 11.4. The normalized spacial score (nSPS) is 18.0. The Morgan fingerprint density at radius 3 is 2.29 bits per heavy atom. The van der Waals surface area contributed by atoms with Gasteiger partial charge in [0.05, 0.1) is 4.90 Å². The Balaban J connectivity index is 2.21. The Morgan fingerprint density at radius 1 is 1.29 bits per heavy atom. The Hall–Kier alpha value is -0.870. The van der Waals surface area contributed by atoms with Crippen LogP contribution in [0.1, 0.15) is 31.4 Å². The van der Waals surface area contributed by atoms with Gasteiger partial charge in [-0.05, 0) is 43.0 Å². The van der Waals surface area contributed by atoms with E-state index in [2.05, 4.69) is 12.2 Å². The molecule has 1 aliphatic carbocycles. The summed E-state index contributed by atoms with van der Waals surface area (Å²) in [5.74, 6) is 0.721. The average molecular weight is 253 g/mol. The fraction of sp³-hybridized carbons (Fsp3) is 0.538. The second kappa shape index (κ2) is 4.78. The average Bonchev–Trinajstić information content (AvgIpc) is 3.09. The number of sulfone groups is 1. The van der Waals surface area contributed by atoms with Gasteiger partial charge >= 0.3 is 0 Å². The van der Waals surface area contributed by atoms with E-state index in [-0.39, 0.29) is 0 Å². The van der Waals surface area contributed by atoms with Crippen LogP contribution in [0.25, 0.3) is 0 Å². The lowest BCUT2D eigenvalue weighted by atomic mass is 10.0. The standard InChI is InChI=1S/C13H19NO2S/c1-3-14-13(10-4-5-10)11-6-8-12(9-7-11)17(2,15)16/h6-10,13-14H,3-5H2,1-2H3. The molecule has 94 valence electrons. The number of hydrogen-bond acceptors (Lipinski definition) is 3. The molecule has 1 unspecified atom stereocenters. The largest absolute Gasteiger partial charge is 0.310 e. The molecule has 0 heterocycles. The molecule has 0 spiro atoms. The first kappa shape index (κ1) is 12.6. The van der Waals surface area contributed by atoms with Crippen molar-refractivity contribution in [3.8, 4) is 0 Å². The first-order valence-corrected chi connectivity index (χ1v) is 7.95. The van der Waals surface area contributed by atoms with Crippen molar-refractivity contribution < 1.29 is 8.42 Å². The summed E-state index contributed by atoms with van der Waals surface area (Å²) in [5.41, 5.74) is 1.20. The van der Waals surface area contributed by atoms with Crippen LogP contribution in [0, 0.1) is 5.92 Å². The zero-order valence-corrected chi connectivity index (χ0v) is 11.1. The maximum Gasteiger partial charge on any atom is 0.175 e. The highest BCUT2D eigenvalue weighted by Crippen LogP contribution is 2.41. The Labute approximate surface area is 103 Å². The van der Waals surface area contributed by atoms with E-state index in [1.54, 1.807) is 12.1 Å². The molecule has 0 amide bonds. The Bertz CT molecular complexity index is 475. The second-order valence-electron chi connectivity index (χ2n) is 4.71. The van der Waals surface area contributed by atoms with Crippen molar-refractivity contribution >= 4 is 9.84 Å². The van der Waals surface area contributed by atoms with Crippen LogP contribution in [0.5, 0.6) is 0 Å². The van der Waals surface area contributed by atoms with Gasteiger partial charge in [-0.15, -0.1) is 0 Å². The molecule has 1 atom stereocenters. The number of benzene rings is 1. The van der Waals surface area contributed by atoms with E-state index >= 15 is 0 Å². The molecule has 1 aromatic rings. The van der Waals surface area contributed by atoms with Crippen molar-refractivity contribution in [1.82, 2.24) is 5.32 Å². The summed E-state index contributed by atoms with van der Waals surface area (Å²) in [6.07, 6.45) is 3.78. The number of nitrogens with one attached hydrogen (secondary N) is 1. The molecule has 0 saturated heterocycles. The fourth-order valence-corrected chi connectivity index (χ4v) is 2.76. The van der Waals surface area contributed by atoms with Gasteiger partial charge in [-0.25, -0.2) is 8.42 Å². The van der Waals surface area contributed by atoms with Gasteiger partial charge in [-0.2, -0.15) is 0 Å². The van der Waals surface area contributed by atoms with Crippen molar-refractivity contribution in [1.29, 1.82) is 0 Å². The van der Waals surface area contributed by atoms with Crippen LogP contribution in [0.4, 0.5) is 0 Å². The zero-order valence-electron chi connectivity index (χ0n) is 10.3. The monoisotopic (exact) mass is 253 g/mol. The van der Waals surface area contributed by atoms with Gasteiger partial charge in [-0.3, -0.25) is 0 Å². The van der Waals surface area contributed by atoms with Crippen LogP contribution in [-0.4, -0.2) is 21.2 Å². The molecule has 1 aromatic carbocycles. The van der Waals surface area contributed by atoms with Crippen molar-refractivity contribution in [2.24, 2.45) is 5.92 Å². The predicted molar refractivity (Wildman–Crippen MR) is 68.7 cm³/mol. The van der Waals surface area contributed by atoms with Crippen LogP contribution in [0.3, 0.4) is 0 Å².